The molecule has 8 heteroatoms. The predicted molar refractivity (Wildman–Crippen MR) is 160 cm³/mol. The number of ether oxygens (including phenoxy) is 1. The second-order valence-corrected chi connectivity index (χ2v) is 11.6. The molecule has 3 aromatic rings. The number of aromatic nitrogens is 2. The molecule has 0 aliphatic carbocycles. The zero-order valence-corrected chi connectivity index (χ0v) is 24.2. The number of carbonyl (C=O) groups is 2. The van der Waals surface area contributed by atoms with Gasteiger partial charge in [0.05, 0.1) is 18.4 Å². The number of anilines is 1. The Morgan fingerprint density at radius 1 is 0.927 bits per heavy atom. The molecule has 1 saturated heterocycles. The summed E-state index contributed by atoms with van der Waals surface area (Å²) in [4.78, 5) is 41.9. The first-order valence-corrected chi connectivity index (χ1v) is 14.8. The third-order valence-corrected chi connectivity index (χ3v) is 8.43. The van der Waals surface area contributed by atoms with Crippen molar-refractivity contribution in [2.24, 2.45) is 11.3 Å². The lowest BCUT2D eigenvalue weighted by Crippen LogP contribution is -2.47. The van der Waals surface area contributed by atoms with Crippen LogP contribution in [0.2, 0.25) is 0 Å². The first-order chi connectivity index (χ1) is 19.9. The summed E-state index contributed by atoms with van der Waals surface area (Å²) in [6.07, 6.45) is 8.89. The SMILES string of the molecule is CC(C)C(=O)N1CCC2(CCCN(c3cnccn3)CCN(Cc3ccccc3)C(=O)c3ccccc3OC2)CC1. The highest BCUT2D eigenvalue weighted by molar-refractivity contribution is 5.97. The number of rotatable bonds is 4. The molecule has 5 rings (SSSR count). The third-order valence-electron chi connectivity index (χ3n) is 8.43. The number of fused-ring (bicyclic) bond motifs is 1. The number of hydrogen-bond acceptors (Lipinski definition) is 6. The number of hydrogen-bond donors (Lipinski definition) is 0. The van der Waals surface area contributed by atoms with E-state index in [1.807, 2.05) is 66.1 Å². The predicted octanol–water partition coefficient (Wildman–Crippen LogP) is 5.06. The molecule has 0 saturated carbocycles. The number of amides is 2. The molecule has 2 aliphatic rings. The van der Waals surface area contributed by atoms with E-state index in [4.69, 9.17) is 4.74 Å². The molecule has 0 radical (unpaired) electrons. The first kappa shape index (κ1) is 28.6. The normalized spacial score (nSPS) is 18.2. The second kappa shape index (κ2) is 13.1. The Labute approximate surface area is 243 Å². The van der Waals surface area contributed by atoms with Crippen LogP contribution in [0.3, 0.4) is 0 Å². The van der Waals surface area contributed by atoms with Crippen molar-refractivity contribution in [2.75, 3.05) is 44.2 Å². The average molecular weight is 556 g/mol. The van der Waals surface area contributed by atoms with Crippen LogP contribution >= 0.6 is 0 Å². The fourth-order valence-corrected chi connectivity index (χ4v) is 5.94. The van der Waals surface area contributed by atoms with E-state index < -0.39 is 0 Å². The summed E-state index contributed by atoms with van der Waals surface area (Å²) in [7, 11) is 0. The number of nitrogens with zero attached hydrogens (tertiary/aromatic N) is 5. The summed E-state index contributed by atoms with van der Waals surface area (Å²) < 4.78 is 6.53. The highest BCUT2D eigenvalue weighted by Crippen LogP contribution is 2.38. The van der Waals surface area contributed by atoms with Crippen LogP contribution in [0, 0.1) is 11.3 Å². The van der Waals surface area contributed by atoms with Crippen LogP contribution in [0.4, 0.5) is 5.82 Å². The fourth-order valence-electron chi connectivity index (χ4n) is 5.94. The van der Waals surface area contributed by atoms with Crippen molar-refractivity contribution < 1.29 is 14.3 Å². The zero-order chi connectivity index (χ0) is 28.7. The Kier molecular flexibility index (Phi) is 9.17. The molecule has 1 fully saturated rings. The van der Waals surface area contributed by atoms with E-state index in [1.165, 1.54) is 0 Å². The van der Waals surface area contributed by atoms with Crippen LogP contribution in [0.5, 0.6) is 5.75 Å². The van der Waals surface area contributed by atoms with Crippen LogP contribution < -0.4 is 9.64 Å². The van der Waals surface area contributed by atoms with Gasteiger partial charge >= 0.3 is 0 Å². The molecular formula is C33H41N5O3. The molecule has 0 unspecified atom stereocenters. The first-order valence-electron chi connectivity index (χ1n) is 14.8. The highest BCUT2D eigenvalue weighted by atomic mass is 16.5. The van der Waals surface area contributed by atoms with Crippen LogP contribution in [0.25, 0.3) is 0 Å². The van der Waals surface area contributed by atoms with Gasteiger partial charge in [-0.25, -0.2) is 4.98 Å². The molecule has 8 nitrogen and oxygen atoms in total. The quantitative estimate of drug-likeness (QED) is 0.448. The van der Waals surface area contributed by atoms with Gasteiger partial charge in [-0.05, 0) is 43.4 Å². The van der Waals surface area contributed by atoms with E-state index in [-0.39, 0.29) is 23.1 Å². The molecule has 0 N–H and O–H groups in total. The standard InChI is InChI=1S/C33H41N5O3/c1-26(2)31(39)37-19-14-33(15-20-37)13-8-18-36(30-23-34-16-17-35-30)21-22-38(24-27-9-4-3-5-10-27)32(40)28-11-6-7-12-29(28)41-25-33/h3-7,9-12,16-17,23,26H,8,13-15,18-22,24-25H2,1-2H3. The third kappa shape index (κ3) is 7.04. The maximum Gasteiger partial charge on any atom is 0.257 e. The topological polar surface area (TPSA) is 78.9 Å². The monoisotopic (exact) mass is 555 g/mol. The summed E-state index contributed by atoms with van der Waals surface area (Å²) in [5.74, 6) is 1.61. The van der Waals surface area contributed by atoms with Crippen LogP contribution in [0.1, 0.15) is 55.5 Å². The van der Waals surface area contributed by atoms with Gasteiger partial charge in [0.25, 0.3) is 5.91 Å². The summed E-state index contributed by atoms with van der Waals surface area (Å²) in [6, 6.07) is 17.7. The Bertz CT molecular complexity index is 1290. The smallest absolute Gasteiger partial charge is 0.257 e. The number of likely N-dealkylation sites (tertiary alicyclic amines) is 1. The Morgan fingerprint density at radius 2 is 1.68 bits per heavy atom. The Balaban J connectivity index is 1.44. The zero-order valence-electron chi connectivity index (χ0n) is 24.2. The van der Waals surface area contributed by atoms with Crippen molar-refractivity contribution in [3.8, 4) is 5.75 Å². The highest BCUT2D eigenvalue weighted by Gasteiger charge is 2.37. The average Bonchev–Trinajstić information content (AvgIpc) is 3.02. The van der Waals surface area contributed by atoms with Crippen LogP contribution in [0.15, 0.2) is 73.2 Å². The molecule has 2 aromatic carbocycles. The van der Waals surface area contributed by atoms with E-state index >= 15 is 0 Å². The van der Waals surface area contributed by atoms with E-state index in [9.17, 15) is 9.59 Å². The van der Waals surface area contributed by atoms with E-state index in [1.54, 1.807) is 18.6 Å². The van der Waals surface area contributed by atoms with Gasteiger partial charge in [0.2, 0.25) is 5.91 Å². The minimum atomic E-state index is -0.0737. The molecule has 41 heavy (non-hydrogen) atoms. The lowest BCUT2D eigenvalue weighted by molar-refractivity contribution is -0.137. The lowest BCUT2D eigenvalue weighted by Gasteiger charge is -2.42. The van der Waals surface area contributed by atoms with Crippen molar-refractivity contribution in [3.63, 3.8) is 0 Å². The number of piperidine rings is 1. The van der Waals surface area contributed by atoms with E-state index in [2.05, 4.69) is 27.0 Å². The maximum absolute atomic E-state index is 14.1. The summed E-state index contributed by atoms with van der Waals surface area (Å²) in [6.45, 7) is 8.40. The van der Waals surface area contributed by atoms with Gasteiger partial charge in [-0.2, -0.15) is 0 Å². The van der Waals surface area contributed by atoms with Crippen LogP contribution in [-0.4, -0.2) is 70.9 Å². The van der Waals surface area contributed by atoms with Gasteiger partial charge in [0, 0.05) is 63.0 Å². The van der Waals surface area contributed by atoms with Gasteiger partial charge < -0.3 is 19.4 Å². The van der Waals surface area contributed by atoms with Gasteiger partial charge in [0.15, 0.2) is 0 Å². The maximum atomic E-state index is 14.1. The van der Waals surface area contributed by atoms with E-state index in [0.717, 1.165) is 56.7 Å². The van der Waals surface area contributed by atoms with Crippen molar-refractivity contribution in [2.45, 2.75) is 46.1 Å². The largest absolute Gasteiger partial charge is 0.492 e. The molecule has 0 bridgehead atoms. The van der Waals surface area contributed by atoms with Gasteiger partial charge in [-0.1, -0.05) is 56.3 Å². The molecule has 0 atom stereocenters. The fraction of sp³-hybridized carbons (Fsp3) is 0.455. The molecule has 2 amide bonds. The van der Waals surface area contributed by atoms with E-state index in [0.29, 0.717) is 37.6 Å². The lowest BCUT2D eigenvalue weighted by atomic mass is 9.75. The van der Waals surface area contributed by atoms with Gasteiger partial charge in [0.1, 0.15) is 11.6 Å². The minimum absolute atomic E-state index is 0.00220. The Morgan fingerprint density at radius 3 is 2.41 bits per heavy atom. The van der Waals surface area contributed by atoms with Crippen molar-refractivity contribution in [3.05, 3.63) is 84.3 Å². The summed E-state index contributed by atoms with van der Waals surface area (Å²) >= 11 is 0. The van der Waals surface area contributed by atoms with Gasteiger partial charge in [-0.3, -0.25) is 14.6 Å². The number of para-hydroxylation sites is 1. The summed E-state index contributed by atoms with van der Waals surface area (Å²) in [5.41, 5.74) is 1.59. The molecule has 1 spiro atoms. The molecule has 216 valence electrons. The Hall–Kier alpha value is -3.94. The minimum Gasteiger partial charge on any atom is -0.492 e. The summed E-state index contributed by atoms with van der Waals surface area (Å²) in [5, 5.41) is 0. The molecule has 3 heterocycles. The molecular weight excluding hydrogens is 514 g/mol. The second-order valence-electron chi connectivity index (χ2n) is 11.6. The number of carbonyl (C=O) groups excluding carboxylic acids is 2. The number of benzene rings is 2. The van der Waals surface area contributed by atoms with Crippen molar-refractivity contribution in [1.29, 1.82) is 0 Å². The van der Waals surface area contributed by atoms with Crippen molar-refractivity contribution in [1.82, 2.24) is 19.8 Å². The molecule has 2 aliphatic heterocycles. The van der Waals surface area contributed by atoms with Crippen LogP contribution in [-0.2, 0) is 11.3 Å². The molecule has 1 aromatic heterocycles. The van der Waals surface area contributed by atoms with Crippen molar-refractivity contribution >= 4 is 17.6 Å². The van der Waals surface area contributed by atoms with Gasteiger partial charge in [-0.15, -0.1) is 0 Å².